The van der Waals surface area contributed by atoms with Crippen molar-refractivity contribution in [3.63, 3.8) is 0 Å². The van der Waals surface area contributed by atoms with Crippen LogP contribution in [-0.4, -0.2) is 22.2 Å². The van der Waals surface area contributed by atoms with E-state index < -0.39 is 34.8 Å². The van der Waals surface area contributed by atoms with Gasteiger partial charge in [0, 0.05) is 0 Å². The lowest BCUT2D eigenvalue weighted by Crippen LogP contribution is -2.33. The number of amides is 1. The molecule has 1 rings (SSSR count). The van der Waals surface area contributed by atoms with Crippen LogP contribution in [-0.2, 0) is 4.79 Å². The minimum atomic E-state index is -1.94. The molecule has 16 heavy (non-hydrogen) atoms. The summed E-state index contributed by atoms with van der Waals surface area (Å²) in [7, 11) is 0. The molecule has 0 saturated carbocycles. The zero-order chi connectivity index (χ0) is 12.5. The van der Waals surface area contributed by atoms with Crippen LogP contribution in [0.1, 0.15) is 11.7 Å². The number of hydrogen-bond donors (Lipinski definition) is 3. The molecule has 1 aromatic rings. The summed E-state index contributed by atoms with van der Waals surface area (Å²) in [6, 6.07) is 1.42. The van der Waals surface area contributed by atoms with Gasteiger partial charge >= 0.3 is 0 Å². The molecule has 0 heterocycles. The smallest absolute Gasteiger partial charge is 0.249 e. The van der Waals surface area contributed by atoms with Gasteiger partial charge in [0.2, 0.25) is 5.91 Å². The fraction of sp³-hybridized carbons (Fsp3) is 0.222. The molecule has 0 aliphatic carbocycles. The van der Waals surface area contributed by atoms with Gasteiger partial charge in [-0.2, -0.15) is 0 Å². The van der Waals surface area contributed by atoms with Crippen molar-refractivity contribution >= 4 is 17.5 Å². The zero-order valence-corrected chi connectivity index (χ0v) is 8.58. The maximum Gasteiger partial charge on any atom is 0.249 e. The van der Waals surface area contributed by atoms with Crippen LogP contribution in [0, 0.1) is 11.6 Å². The topological polar surface area (TPSA) is 83.6 Å². The first-order valence-corrected chi connectivity index (χ1v) is 4.52. The lowest BCUT2D eigenvalue weighted by molar-refractivity contribution is -0.132. The third-order valence-corrected chi connectivity index (χ3v) is 2.30. The molecule has 0 aromatic heterocycles. The molecular weight excluding hydrogens is 244 g/mol. The van der Waals surface area contributed by atoms with Crippen molar-refractivity contribution < 1.29 is 23.8 Å². The number of carbonyl (C=O) groups excluding carboxylic acids is 1. The molecule has 4 N–H and O–H groups in total. The molecule has 0 spiro atoms. The van der Waals surface area contributed by atoms with Crippen molar-refractivity contribution in [1.82, 2.24) is 0 Å². The van der Waals surface area contributed by atoms with Gasteiger partial charge in [-0.25, -0.2) is 8.78 Å². The second-order valence-corrected chi connectivity index (χ2v) is 3.47. The van der Waals surface area contributed by atoms with Crippen molar-refractivity contribution in [2.75, 3.05) is 0 Å². The Morgan fingerprint density at radius 3 is 2.12 bits per heavy atom. The number of benzene rings is 1. The molecule has 1 amide bonds. The van der Waals surface area contributed by atoms with Gasteiger partial charge in [0.15, 0.2) is 6.10 Å². The molecule has 2 unspecified atom stereocenters. The number of aliphatic hydroxyl groups is 2. The molecule has 7 heteroatoms. The normalized spacial score (nSPS) is 14.6. The quantitative estimate of drug-likeness (QED) is 0.684. The average molecular weight is 252 g/mol. The van der Waals surface area contributed by atoms with Gasteiger partial charge in [-0.05, 0) is 17.7 Å². The molecule has 4 nitrogen and oxygen atoms in total. The molecular formula is C9H8ClF2NO3. The Morgan fingerprint density at radius 2 is 1.75 bits per heavy atom. The Morgan fingerprint density at radius 1 is 1.31 bits per heavy atom. The molecule has 0 bridgehead atoms. The second kappa shape index (κ2) is 4.73. The van der Waals surface area contributed by atoms with E-state index in [1.54, 1.807) is 0 Å². The van der Waals surface area contributed by atoms with Gasteiger partial charge < -0.3 is 15.9 Å². The van der Waals surface area contributed by atoms with Gasteiger partial charge in [0.05, 0.1) is 0 Å². The lowest BCUT2D eigenvalue weighted by Gasteiger charge is -2.15. The third-order valence-electron chi connectivity index (χ3n) is 1.94. The lowest BCUT2D eigenvalue weighted by atomic mass is 10.0. The minimum Gasteiger partial charge on any atom is -0.385 e. The third kappa shape index (κ3) is 2.46. The van der Waals surface area contributed by atoms with E-state index in [0.717, 1.165) is 0 Å². The highest BCUT2D eigenvalue weighted by Crippen LogP contribution is 2.25. The van der Waals surface area contributed by atoms with Crippen LogP contribution in [0.15, 0.2) is 12.1 Å². The molecule has 0 fully saturated rings. The predicted octanol–water partition coefficient (Wildman–Crippen LogP) is 0.498. The number of aliphatic hydroxyl groups excluding tert-OH is 2. The maximum absolute atomic E-state index is 13.0. The molecule has 0 saturated heterocycles. The van der Waals surface area contributed by atoms with Crippen LogP contribution < -0.4 is 5.73 Å². The Hall–Kier alpha value is -1.24. The van der Waals surface area contributed by atoms with Crippen molar-refractivity contribution in [2.24, 2.45) is 5.73 Å². The number of rotatable bonds is 3. The number of hydrogen-bond acceptors (Lipinski definition) is 3. The SMILES string of the molecule is NC(=O)C(O)C(O)c1cc(F)c(Cl)c(F)c1. The number of primary amides is 1. The standard InChI is InChI=1S/C9H8ClF2NO3/c10-6-4(11)1-3(2-5(6)12)7(14)8(15)9(13)16/h1-2,7-8,14-15H,(H2,13,16). The summed E-state index contributed by atoms with van der Waals surface area (Å²) in [6.07, 6.45) is -3.75. The van der Waals surface area contributed by atoms with Gasteiger partial charge in [-0.3, -0.25) is 4.79 Å². The Balaban J connectivity index is 3.10. The first-order chi connectivity index (χ1) is 7.34. The molecule has 2 atom stereocenters. The molecule has 0 aliphatic heterocycles. The van der Waals surface area contributed by atoms with Crippen LogP contribution in [0.4, 0.5) is 8.78 Å². The van der Waals surface area contributed by atoms with E-state index in [1.807, 2.05) is 0 Å². The van der Waals surface area contributed by atoms with Crippen molar-refractivity contribution in [3.05, 3.63) is 34.4 Å². The highest BCUT2D eigenvalue weighted by molar-refractivity contribution is 6.30. The van der Waals surface area contributed by atoms with Crippen LogP contribution in [0.5, 0.6) is 0 Å². The monoisotopic (exact) mass is 251 g/mol. The fourth-order valence-electron chi connectivity index (χ4n) is 1.08. The summed E-state index contributed by atoms with van der Waals surface area (Å²) >= 11 is 5.21. The highest BCUT2D eigenvalue weighted by Gasteiger charge is 2.25. The molecule has 0 radical (unpaired) electrons. The van der Waals surface area contributed by atoms with Crippen LogP contribution in [0.3, 0.4) is 0 Å². The Labute approximate surface area is 94.3 Å². The van der Waals surface area contributed by atoms with E-state index in [-0.39, 0.29) is 5.56 Å². The van der Waals surface area contributed by atoms with Crippen LogP contribution in [0.25, 0.3) is 0 Å². The second-order valence-electron chi connectivity index (χ2n) is 3.09. The fourth-order valence-corrected chi connectivity index (χ4v) is 1.19. The largest absolute Gasteiger partial charge is 0.385 e. The molecule has 0 aliphatic rings. The van der Waals surface area contributed by atoms with Crippen molar-refractivity contribution in [1.29, 1.82) is 0 Å². The summed E-state index contributed by atoms with van der Waals surface area (Å²) in [5.41, 5.74) is 4.39. The maximum atomic E-state index is 13.0. The van der Waals surface area contributed by atoms with Gasteiger partial charge in [0.1, 0.15) is 22.8 Å². The molecule has 1 aromatic carbocycles. The van der Waals surface area contributed by atoms with Crippen LogP contribution >= 0.6 is 11.6 Å². The van der Waals surface area contributed by atoms with E-state index in [2.05, 4.69) is 0 Å². The number of halogens is 3. The predicted molar refractivity (Wildman–Crippen MR) is 51.5 cm³/mol. The summed E-state index contributed by atoms with van der Waals surface area (Å²) in [4.78, 5) is 10.5. The van der Waals surface area contributed by atoms with Crippen molar-refractivity contribution in [2.45, 2.75) is 12.2 Å². The summed E-state index contributed by atoms with van der Waals surface area (Å²) < 4.78 is 26.0. The minimum absolute atomic E-state index is 0.328. The Kier molecular flexibility index (Phi) is 3.79. The first kappa shape index (κ1) is 12.8. The van der Waals surface area contributed by atoms with Crippen molar-refractivity contribution in [3.8, 4) is 0 Å². The summed E-state index contributed by atoms with van der Waals surface area (Å²) in [6.45, 7) is 0. The van der Waals surface area contributed by atoms with Gasteiger partial charge in [0.25, 0.3) is 0 Å². The average Bonchev–Trinajstić information content (AvgIpc) is 2.22. The van der Waals surface area contributed by atoms with E-state index in [1.165, 1.54) is 0 Å². The zero-order valence-electron chi connectivity index (χ0n) is 7.82. The van der Waals surface area contributed by atoms with E-state index in [0.29, 0.717) is 12.1 Å². The van der Waals surface area contributed by atoms with Gasteiger partial charge in [-0.15, -0.1) is 0 Å². The number of carbonyl (C=O) groups is 1. The van der Waals surface area contributed by atoms with Gasteiger partial charge in [-0.1, -0.05) is 11.6 Å². The summed E-state index contributed by atoms with van der Waals surface area (Å²) in [5, 5.41) is 17.7. The summed E-state index contributed by atoms with van der Waals surface area (Å²) in [5.74, 6) is -3.41. The van der Waals surface area contributed by atoms with E-state index in [9.17, 15) is 18.7 Å². The molecule has 88 valence electrons. The number of nitrogens with two attached hydrogens (primary N) is 1. The highest BCUT2D eigenvalue weighted by atomic mass is 35.5. The van der Waals surface area contributed by atoms with E-state index in [4.69, 9.17) is 22.4 Å². The Bertz CT molecular complexity index is 404. The van der Waals surface area contributed by atoms with E-state index >= 15 is 0 Å². The van der Waals surface area contributed by atoms with Crippen LogP contribution in [0.2, 0.25) is 5.02 Å². The first-order valence-electron chi connectivity index (χ1n) is 4.14.